The van der Waals surface area contributed by atoms with Crippen molar-refractivity contribution in [3.63, 3.8) is 0 Å². The highest BCUT2D eigenvalue weighted by molar-refractivity contribution is 5.90. The summed E-state index contributed by atoms with van der Waals surface area (Å²) >= 11 is 0. The van der Waals surface area contributed by atoms with Gasteiger partial charge in [-0.25, -0.2) is 10.3 Å². The highest BCUT2D eigenvalue weighted by Gasteiger charge is 2.46. The van der Waals surface area contributed by atoms with Gasteiger partial charge in [0.15, 0.2) is 0 Å². The van der Waals surface area contributed by atoms with Crippen molar-refractivity contribution in [1.29, 1.82) is 0 Å². The fourth-order valence-corrected chi connectivity index (χ4v) is 6.27. The van der Waals surface area contributed by atoms with Gasteiger partial charge in [0.1, 0.15) is 6.04 Å². The van der Waals surface area contributed by atoms with E-state index in [0.29, 0.717) is 45.1 Å². The molecule has 3 saturated heterocycles. The molecular formula is C25H36N4O5. The Morgan fingerprint density at radius 3 is 2.29 bits per heavy atom. The average Bonchev–Trinajstić information content (AvgIpc) is 2.88. The lowest BCUT2D eigenvalue weighted by Crippen LogP contribution is -2.60. The van der Waals surface area contributed by atoms with Crippen molar-refractivity contribution in [2.45, 2.75) is 44.1 Å². The topological polar surface area (TPSA) is 113 Å². The zero-order valence-electron chi connectivity index (χ0n) is 19.8. The lowest BCUT2D eigenvalue weighted by molar-refractivity contribution is -0.151. The second-order valence-corrected chi connectivity index (χ2v) is 10.1. The first-order valence-corrected chi connectivity index (χ1v) is 12.3. The molecule has 3 amide bonds. The third-order valence-corrected chi connectivity index (χ3v) is 8.11. The third-order valence-electron chi connectivity index (χ3n) is 8.11. The van der Waals surface area contributed by atoms with Crippen LogP contribution < -0.4 is 5.48 Å². The van der Waals surface area contributed by atoms with Crippen LogP contribution in [0.3, 0.4) is 0 Å². The fourth-order valence-electron chi connectivity index (χ4n) is 6.27. The van der Waals surface area contributed by atoms with E-state index in [2.05, 4.69) is 12.1 Å². The van der Waals surface area contributed by atoms with Gasteiger partial charge in [0.2, 0.25) is 11.8 Å². The summed E-state index contributed by atoms with van der Waals surface area (Å²) < 4.78 is 0. The van der Waals surface area contributed by atoms with Crippen LogP contribution in [0.15, 0.2) is 30.3 Å². The molecule has 9 heteroatoms. The summed E-state index contributed by atoms with van der Waals surface area (Å²) in [4.78, 5) is 43.0. The zero-order valence-corrected chi connectivity index (χ0v) is 19.8. The summed E-state index contributed by atoms with van der Waals surface area (Å²) in [6.45, 7) is 2.91. The molecule has 0 bridgehead atoms. The minimum Gasteiger partial charge on any atom is -0.465 e. The van der Waals surface area contributed by atoms with Gasteiger partial charge in [-0.3, -0.25) is 19.7 Å². The molecule has 3 aliphatic rings. The molecule has 4 atom stereocenters. The molecular weight excluding hydrogens is 436 g/mol. The Balaban J connectivity index is 1.43. The number of hydrogen-bond donors (Lipinski definition) is 3. The first-order chi connectivity index (χ1) is 16.4. The molecule has 4 rings (SSSR count). The van der Waals surface area contributed by atoms with E-state index in [1.807, 2.05) is 35.0 Å². The number of carbonyl (C=O) groups excluding carboxylic acids is 2. The molecule has 1 aromatic rings. The molecule has 0 saturated carbocycles. The van der Waals surface area contributed by atoms with E-state index in [-0.39, 0.29) is 17.7 Å². The van der Waals surface area contributed by atoms with Gasteiger partial charge in [-0.1, -0.05) is 30.3 Å². The summed E-state index contributed by atoms with van der Waals surface area (Å²) in [5, 5.41) is 18.8. The monoisotopic (exact) mass is 472 g/mol. The second-order valence-electron chi connectivity index (χ2n) is 10.1. The molecule has 0 aliphatic carbocycles. The van der Waals surface area contributed by atoms with Gasteiger partial charge in [-0.15, -0.1) is 0 Å². The van der Waals surface area contributed by atoms with Crippen LogP contribution in [0, 0.1) is 17.8 Å². The number of carbonyl (C=O) groups is 3. The number of benzene rings is 1. The van der Waals surface area contributed by atoms with E-state index in [1.54, 1.807) is 5.48 Å². The Morgan fingerprint density at radius 2 is 1.65 bits per heavy atom. The SMILES string of the molecule is CN1CC([C@@H]2CCCN(C(=O)O)C2)C[C@H](C(=O)NO)[C@H]1C(=O)N1CCC(c2ccccc2)CC1. The molecule has 186 valence electrons. The minimum absolute atomic E-state index is 0.0585. The van der Waals surface area contributed by atoms with Crippen molar-refractivity contribution < 1.29 is 24.7 Å². The number of hydrogen-bond acceptors (Lipinski definition) is 5. The van der Waals surface area contributed by atoms with E-state index in [4.69, 9.17) is 0 Å². The van der Waals surface area contributed by atoms with Crippen LogP contribution in [-0.4, -0.2) is 88.7 Å². The van der Waals surface area contributed by atoms with Gasteiger partial charge >= 0.3 is 6.09 Å². The molecule has 0 spiro atoms. The molecule has 0 aromatic heterocycles. The summed E-state index contributed by atoms with van der Waals surface area (Å²) in [5.74, 6) is -0.620. The fraction of sp³-hybridized carbons (Fsp3) is 0.640. The Hall–Kier alpha value is -2.65. The number of piperidine rings is 3. The molecule has 1 unspecified atom stereocenters. The molecule has 3 fully saturated rings. The van der Waals surface area contributed by atoms with Crippen molar-refractivity contribution in [2.75, 3.05) is 39.8 Å². The maximum atomic E-state index is 13.6. The van der Waals surface area contributed by atoms with Crippen molar-refractivity contribution >= 4 is 17.9 Å². The van der Waals surface area contributed by atoms with E-state index in [0.717, 1.165) is 25.7 Å². The van der Waals surface area contributed by atoms with Crippen LogP contribution >= 0.6 is 0 Å². The number of amides is 3. The Morgan fingerprint density at radius 1 is 0.941 bits per heavy atom. The quantitative estimate of drug-likeness (QED) is 0.458. The van der Waals surface area contributed by atoms with Crippen LogP contribution in [0.1, 0.15) is 43.6 Å². The first kappa shape index (κ1) is 24.5. The molecule has 0 radical (unpaired) electrons. The van der Waals surface area contributed by atoms with Crippen molar-refractivity contribution in [2.24, 2.45) is 17.8 Å². The van der Waals surface area contributed by atoms with Gasteiger partial charge in [0.25, 0.3) is 0 Å². The summed E-state index contributed by atoms with van der Waals surface area (Å²) in [6.07, 6.45) is 3.03. The minimum atomic E-state index is -0.912. The largest absolute Gasteiger partial charge is 0.465 e. The summed E-state index contributed by atoms with van der Waals surface area (Å²) in [7, 11) is 1.86. The summed E-state index contributed by atoms with van der Waals surface area (Å²) in [6, 6.07) is 9.73. The molecule has 3 heterocycles. The van der Waals surface area contributed by atoms with Gasteiger partial charge < -0.3 is 14.9 Å². The molecule has 3 N–H and O–H groups in total. The molecule has 1 aromatic carbocycles. The highest BCUT2D eigenvalue weighted by atomic mass is 16.5. The van der Waals surface area contributed by atoms with Crippen LogP contribution in [-0.2, 0) is 9.59 Å². The molecule has 34 heavy (non-hydrogen) atoms. The van der Waals surface area contributed by atoms with Crippen molar-refractivity contribution in [3.05, 3.63) is 35.9 Å². The van der Waals surface area contributed by atoms with E-state index >= 15 is 0 Å². The lowest BCUT2D eigenvalue weighted by atomic mass is 9.74. The zero-order chi connectivity index (χ0) is 24.2. The number of nitrogens with one attached hydrogen (secondary N) is 1. The first-order valence-electron chi connectivity index (χ1n) is 12.3. The maximum Gasteiger partial charge on any atom is 0.407 e. The summed E-state index contributed by atoms with van der Waals surface area (Å²) in [5.41, 5.74) is 3.08. The Labute approximate surface area is 200 Å². The predicted molar refractivity (Wildman–Crippen MR) is 125 cm³/mol. The smallest absolute Gasteiger partial charge is 0.407 e. The van der Waals surface area contributed by atoms with Crippen LogP contribution in [0.4, 0.5) is 4.79 Å². The predicted octanol–water partition coefficient (Wildman–Crippen LogP) is 2.22. The van der Waals surface area contributed by atoms with Gasteiger partial charge in [0, 0.05) is 32.7 Å². The van der Waals surface area contributed by atoms with Gasteiger partial charge in [-0.2, -0.15) is 0 Å². The molecule has 3 aliphatic heterocycles. The van der Waals surface area contributed by atoms with Crippen LogP contribution in [0.2, 0.25) is 0 Å². The highest BCUT2D eigenvalue weighted by Crippen LogP contribution is 2.37. The van der Waals surface area contributed by atoms with E-state index in [1.165, 1.54) is 10.5 Å². The number of likely N-dealkylation sites (tertiary alicyclic amines) is 3. The number of nitrogens with zero attached hydrogens (tertiary/aromatic N) is 3. The normalized spacial score (nSPS) is 29.0. The number of rotatable bonds is 4. The van der Waals surface area contributed by atoms with Crippen LogP contribution in [0.5, 0.6) is 0 Å². The van der Waals surface area contributed by atoms with Crippen molar-refractivity contribution in [3.8, 4) is 0 Å². The van der Waals surface area contributed by atoms with E-state index in [9.17, 15) is 24.7 Å². The lowest BCUT2D eigenvalue weighted by Gasteiger charge is -2.47. The number of likely N-dealkylation sites (N-methyl/N-ethyl adjacent to an activating group) is 1. The third kappa shape index (κ3) is 5.20. The second kappa shape index (κ2) is 10.7. The van der Waals surface area contributed by atoms with E-state index < -0.39 is 24.0 Å². The van der Waals surface area contributed by atoms with Crippen LogP contribution in [0.25, 0.3) is 0 Å². The van der Waals surface area contributed by atoms with Crippen molar-refractivity contribution in [1.82, 2.24) is 20.2 Å². The average molecular weight is 473 g/mol. The number of hydroxylamine groups is 1. The molecule has 9 nitrogen and oxygen atoms in total. The van der Waals surface area contributed by atoms with Gasteiger partial charge in [0.05, 0.1) is 5.92 Å². The standard InChI is InChI=1S/C25H36N4O5/c1-27-15-20(19-8-5-11-29(16-19)25(32)33)14-21(23(30)26-34)22(27)24(31)28-12-9-18(10-13-28)17-6-3-2-4-7-17/h2-4,6-7,18-22,34H,5,8-16H2,1H3,(H,26,30)(H,32,33)/t19-,20?,21+,22+/m1/s1. The number of carboxylic acid groups (broad SMARTS) is 1. The maximum absolute atomic E-state index is 13.6. The Bertz CT molecular complexity index is 873. The Kier molecular flexibility index (Phi) is 7.73. The van der Waals surface area contributed by atoms with Gasteiger partial charge in [-0.05, 0) is 62.5 Å².